The lowest BCUT2D eigenvalue weighted by atomic mass is 10.2. The van der Waals surface area contributed by atoms with Crippen molar-refractivity contribution in [3.63, 3.8) is 0 Å². The number of ether oxygens (including phenoxy) is 1. The Morgan fingerprint density at radius 2 is 1.94 bits per heavy atom. The van der Waals surface area contributed by atoms with Crippen molar-refractivity contribution in [2.75, 3.05) is 16.0 Å². The van der Waals surface area contributed by atoms with E-state index in [9.17, 15) is 13.2 Å². The van der Waals surface area contributed by atoms with Crippen LogP contribution in [-0.2, 0) is 14.8 Å². The molecule has 0 heterocycles. The maximum atomic E-state index is 11.5. The van der Waals surface area contributed by atoms with E-state index in [-0.39, 0.29) is 4.66 Å². The van der Waals surface area contributed by atoms with Crippen LogP contribution in [0.5, 0.6) is 0 Å². The van der Waals surface area contributed by atoms with E-state index >= 15 is 0 Å². The molecule has 0 aliphatic heterocycles. The number of hydrogen-bond donors (Lipinski definition) is 1. The van der Waals surface area contributed by atoms with Crippen LogP contribution in [0.25, 0.3) is 0 Å². The molecule has 0 saturated heterocycles. The molecule has 0 spiro atoms. The molecule has 0 aliphatic rings. The number of nitrogens with one attached hydrogen (secondary N) is 1. The van der Waals surface area contributed by atoms with Gasteiger partial charge in [-0.1, -0.05) is 22.9 Å². The van der Waals surface area contributed by atoms with Gasteiger partial charge in [0.15, 0.2) is 0 Å². The van der Waals surface area contributed by atoms with E-state index in [0.717, 1.165) is 6.42 Å². The van der Waals surface area contributed by atoms with Crippen molar-refractivity contribution < 1.29 is 17.9 Å². The van der Waals surface area contributed by atoms with Gasteiger partial charge in [0.05, 0.1) is 12.2 Å². The Morgan fingerprint density at radius 1 is 1.33 bits per heavy atom. The molecule has 0 radical (unpaired) electrons. The smallest absolute Gasteiger partial charge is 0.338 e. The molecule has 1 N–H and O–H groups in total. The summed E-state index contributed by atoms with van der Waals surface area (Å²) in [6, 6.07) is 6.07. The van der Waals surface area contributed by atoms with Gasteiger partial charge in [0.1, 0.15) is 4.66 Å². The van der Waals surface area contributed by atoms with Crippen LogP contribution in [0.4, 0.5) is 5.69 Å². The largest absolute Gasteiger partial charge is 0.462 e. The van der Waals surface area contributed by atoms with Gasteiger partial charge >= 0.3 is 5.97 Å². The van der Waals surface area contributed by atoms with Gasteiger partial charge in [-0.25, -0.2) is 13.2 Å². The van der Waals surface area contributed by atoms with Gasteiger partial charge in [-0.3, -0.25) is 4.72 Å². The summed E-state index contributed by atoms with van der Waals surface area (Å²) < 4.78 is 29.7. The monoisotopic (exact) mass is 335 g/mol. The van der Waals surface area contributed by atoms with Crippen LogP contribution in [0.2, 0.25) is 0 Å². The molecule has 0 amide bonds. The summed E-state index contributed by atoms with van der Waals surface area (Å²) in [5.74, 6) is -0.410. The average molecular weight is 336 g/mol. The summed E-state index contributed by atoms with van der Waals surface area (Å²) in [4.78, 5) is 11.5. The number of benzene rings is 1. The lowest BCUT2D eigenvalue weighted by molar-refractivity contribution is 0.0505. The van der Waals surface area contributed by atoms with Gasteiger partial charge < -0.3 is 4.74 Å². The number of alkyl halides is 1. The SMILES string of the molecule is CCCOC(=O)c1ccc(NS(=O)(=O)CBr)cc1. The number of rotatable bonds is 6. The molecule has 0 atom stereocenters. The van der Waals surface area contributed by atoms with Crippen LogP contribution in [0.1, 0.15) is 23.7 Å². The zero-order chi connectivity index (χ0) is 13.6. The molecule has 0 unspecified atom stereocenters. The predicted octanol–water partition coefficient (Wildman–Crippen LogP) is 2.35. The molecule has 7 heteroatoms. The Bertz CT molecular complexity index is 498. The fraction of sp³-hybridized carbons (Fsp3) is 0.364. The van der Waals surface area contributed by atoms with Crippen molar-refractivity contribution in [3.05, 3.63) is 29.8 Å². The highest BCUT2D eigenvalue weighted by molar-refractivity contribution is 9.10. The molecule has 1 aromatic carbocycles. The van der Waals surface area contributed by atoms with E-state index in [1.165, 1.54) is 24.3 Å². The lowest BCUT2D eigenvalue weighted by Crippen LogP contribution is -2.13. The molecule has 100 valence electrons. The summed E-state index contributed by atoms with van der Waals surface area (Å²) in [7, 11) is -3.37. The molecule has 5 nitrogen and oxygen atoms in total. The molecular weight excluding hydrogens is 322 g/mol. The minimum Gasteiger partial charge on any atom is -0.462 e. The van der Waals surface area contributed by atoms with Crippen LogP contribution in [0.3, 0.4) is 0 Å². The third-order valence-electron chi connectivity index (χ3n) is 1.97. The fourth-order valence-corrected chi connectivity index (χ4v) is 2.05. The van der Waals surface area contributed by atoms with Gasteiger partial charge in [-0.05, 0) is 30.7 Å². The predicted molar refractivity (Wildman–Crippen MR) is 73.4 cm³/mol. The summed E-state index contributed by atoms with van der Waals surface area (Å²) in [6.45, 7) is 2.28. The molecule has 0 bridgehead atoms. The third kappa shape index (κ3) is 4.66. The van der Waals surface area contributed by atoms with Gasteiger partial charge in [0, 0.05) is 5.69 Å². The van der Waals surface area contributed by atoms with Crippen LogP contribution >= 0.6 is 15.9 Å². The Kier molecular flexibility index (Phi) is 5.61. The number of carbonyl (C=O) groups is 1. The minimum atomic E-state index is -3.37. The van der Waals surface area contributed by atoms with E-state index in [0.29, 0.717) is 17.9 Å². The summed E-state index contributed by atoms with van der Waals surface area (Å²) in [5, 5.41) is 0. The second kappa shape index (κ2) is 6.75. The minimum absolute atomic E-state index is 0.180. The van der Waals surface area contributed by atoms with Crippen molar-refractivity contribution in [2.24, 2.45) is 0 Å². The number of carbonyl (C=O) groups excluding carboxylic acids is 1. The Labute approximate surface area is 115 Å². The van der Waals surface area contributed by atoms with Crippen molar-refractivity contribution in [2.45, 2.75) is 13.3 Å². The molecule has 0 saturated carbocycles. The zero-order valence-electron chi connectivity index (χ0n) is 9.85. The molecule has 18 heavy (non-hydrogen) atoms. The number of hydrogen-bond acceptors (Lipinski definition) is 4. The highest BCUT2D eigenvalue weighted by Crippen LogP contribution is 2.13. The van der Waals surface area contributed by atoms with Gasteiger partial charge in [0.25, 0.3) is 0 Å². The molecule has 1 aromatic rings. The molecule has 0 fully saturated rings. The fourth-order valence-electron chi connectivity index (χ4n) is 1.16. The van der Waals surface area contributed by atoms with Crippen LogP contribution < -0.4 is 4.72 Å². The lowest BCUT2D eigenvalue weighted by Gasteiger charge is -2.06. The second-order valence-corrected chi connectivity index (χ2v) is 6.56. The maximum absolute atomic E-state index is 11.5. The summed E-state index contributed by atoms with van der Waals surface area (Å²) in [5.41, 5.74) is 0.798. The van der Waals surface area contributed by atoms with Crippen LogP contribution in [0.15, 0.2) is 24.3 Å². The van der Waals surface area contributed by atoms with E-state index in [2.05, 4.69) is 20.7 Å². The third-order valence-corrected chi connectivity index (χ3v) is 4.62. The number of sulfonamides is 1. The summed E-state index contributed by atoms with van der Waals surface area (Å²) in [6.07, 6.45) is 0.759. The van der Waals surface area contributed by atoms with Crippen LogP contribution in [0, 0.1) is 0 Å². The molecule has 0 aromatic heterocycles. The highest BCUT2D eigenvalue weighted by atomic mass is 79.9. The van der Waals surface area contributed by atoms with E-state index in [1.807, 2.05) is 6.92 Å². The molecule has 0 aliphatic carbocycles. The van der Waals surface area contributed by atoms with Crippen molar-refractivity contribution >= 4 is 37.6 Å². The average Bonchev–Trinajstić information content (AvgIpc) is 2.36. The Balaban J connectivity index is 2.71. The first-order valence-corrected chi connectivity index (χ1v) is 8.09. The zero-order valence-corrected chi connectivity index (χ0v) is 12.3. The molecule has 1 rings (SSSR count). The number of esters is 1. The first-order chi connectivity index (χ1) is 8.48. The highest BCUT2D eigenvalue weighted by Gasteiger charge is 2.09. The number of halogens is 1. The van der Waals surface area contributed by atoms with Gasteiger partial charge in [-0.2, -0.15) is 0 Å². The number of anilines is 1. The van der Waals surface area contributed by atoms with E-state index in [1.54, 1.807) is 0 Å². The van der Waals surface area contributed by atoms with Gasteiger partial charge in [0.2, 0.25) is 10.0 Å². The maximum Gasteiger partial charge on any atom is 0.338 e. The Hall–Kier alpha value is -1.08. The summed E-state index contributed by atoms with van der Waals surface area (Å²) >= 11 is 2.87. The quantitative estimate of drug-likeness (QED) is 0.639. The van der Waals surface area contributed by atoms with Crippen molar-refractivity contribution in [3.8, 4) is 0 Å². The van der Waals surface area contributed by atoms with Crippen LogP contribution in [-0.4, -0.2) is 25.7 Å². The normalized spacial score (nSPS) is 11.0. The van der Waals surface area contributed by atoms with E-state index < -0.39 is 16.0 Å². The van der Waals surface area contributed by atoms with Gasteiger partial charge in [-0.15, -0.1) is 0 Å². The molecular formula is C11H14BrNO4S. The van der Waals surface area contributed by atoms with Crippen molar-refractivity contribution in [1.29, 1.82) is 0 Å². The van der Waals surface area contributed by atoms with Crippen molar-refractivity contribution in [1.82, 2.24) is 0 Å². The second-order valence-electron chi connectivity index (χ2n) is 3.54. The topological polar surface area (TPSA) is 72.5 Å². The Morgan fingerprint density at radius 3 is 2.44 bits per heavy atom. The first kappa shape index (κ1) is 15.0. The standard InChI is InChI=1S/C11H14BrNO4S/c1-2-7-17-11(14)9-3-5-10(6-4-9)13-18(15,16)8-12/h3-6,13H,2,7-8H2,1H3. The first-order valence-electron chi connectivity index (χ1n) is 5.32. The van der Waals surface area contributed by atoms with E-state index in [4.69, 9.17) is 4.74 Å².